The molecule has 0 aromatic rings. The molecule has 2 rings (SSSR count). The summed E-state index contributed by atoms with van der Waals surface area (Å²) in [5.41, 5.74) is 0.127. The zero-order valence-electron chi connectivity index (χ0n) is 16.2. The first-order valence-electron chi connectivity index (χ1n) is 9.81. The highest BCUT2D eigenvalue weighted by Crippen LogP contribution is 2.37. The van der Waals surface area contributed by atoms with Gasteiger partial charge in [0.1, 0.15) is 0 Å². The van der Waals surface area contributed by atoms with Gasteiger partial charge in [-0.25, -0.2) is 0 Å². The minimum absolute atomic E-state index is 0. The Morgan fingerprint density at radius 3 is 2.37 bits per heavy atom. The molecule has 0 amide bonds. The Labute approximate surface area is 177 Å². The van der Waals surface area contributed by atoms with Crippen molar-refractivity contribution in [3.8, 4) is 0 Å². The summed E-state index contributed by atoms with van der Waals surface area (Å²) in [6.45, 7) is 7.53. The average Bonchev–Trinajstić information content (AvgIpc) is 2.60. The monoisotopic (exact) mass is 506 g/mol. The molecule has 0 bridgehead atoms. The first kappa shape index (κ1) is 24.7. The molecular formula is C18H34F3IN4O. The molecule has 9 heteroatoms. The lowest BCUT2D eigenvalue weighted by Gasteiger charge is -2.41. The van der Waals surface area contributed by atoms with Crippen molar-refractivity contribution in [3.05, 3.63) is 0 Å². The Kier molecular flexibility index (Phi) is 11.3. The number of hydrogen-bond donors (Lipinski definition) is 2. The number of alkyl halides is 3. The first-order valence-corrected chi connectivity index (χ1v) is 9.81. The van der Waals surface area contributed by atoms with Gasteiger partial charge in [-0.1, -0.05) is 19.3 Å². The van der Waals surface area contributed by atoms with Gasteiger partial charge in [0.05, 0.1) is 19.6 Å². The summed E-state index contributed by atoms with van der Waals surface area (Å²) in [6, 6.07) is 0. The van der Waals surface area contributed by atoms with Crippen LogP contribution in [0.4, 0.5) is 13.2 Å². The second-order valence-corrected chi connectivity index (χ2v) is 7.44. The van der Waals surface area contributed by atoms with Gasteiger partial charge in [0.25, 0.3) is 0 Å². The number of halogens is 4. The van der Waals surface area contributed by atoms with Gasteiger partial charge < -0.3 is 15.4 Å². The Balaban J connectivity index is 0.00000364. The van der Waals surface area contributed by atoms with Crippen molar-refractivity contribution in [1.29, 1.82) is 0 Å². The van der Waals surface area contributed by atoms with Crippen LogP contribution in [0.3, 0.4) is 0 Å². The van der Waals surface area contributed by atoms with Gasteiger partial charge in [0.2, 0.25) is 0 Å². The molecule has 1 saturated carbocycles. The zero-order chi connectivity index (χ0) is 18.9. The highest BCUT2D eigenvalue weighted by Gasteiger charge is 2.34. The number of nitrogens with zero attached hydrogens (tertiary/aromatic N) is 2. The van der Waals surface area contributed by atoms with Gasteiger partial charge in [0, 0.05) is 44.7 Å². The summed E-state index contributed by atoms with van der Waals surface area (Å²) in [5, 5.41) is 5.89. The van der Waals surface area contributed by atoms with Crippen LogP contribution in [-0.4, -0.2) is 69.5 Å². The van der Waals surface area contributed by atoms with Crippen LogP contribution in [0.5, 0.6) is 0 Å². The summed E-state index contributed by atoms with van der Waals surface area (Å²) in [4.78, 5) is 7.12. The molecule has 1 saturated heterocycles. The summed E-state index contributed by atoms with van der Waals surface area (Å²) in [6.07, 6.45) is 0.946. The largest absolute Gasteiger partial charge is 0.390 e. The smallest absolute Gasteiger partial charge is 0.379 e. The maximum atomic E-state index is 12.4. The summed E-state index contributed by atoms with van der Waals surface area (Å²) < 4.78 is 42.6. The number of ether oxygens (including phenoxy) is 1. The highest BCUT2D eigenvalue weighted by molar-refractivity contribution is 14.0. The molecule has 0 aromatic carbocycles. The minimum atomic E-state index is -4.15. The fraction of sp³-hybridized carbons (Fsp3) is 0.944. The van der Waals surface area contributed by atoms with Gasteiger partial charge in [-0.15, -0.1) is 24.0 Å². The third-order valence-electron chi connectivity index (χ3n) is 5.19. The maximum Gasteiger partial charge on any atom is 0.390 e. The minimum Gasteiger partial charge on any atom is -0.379 e. The van der Waals surface area contributed by atoms with E-state index in [0.29, 0.717) is 19.0 Å². The number of morpholine rings is 1. The van der Waals surface area contributed by atoms with Crippen molar-refractivity contribution in [2.75, 3.05) is 52.5 Å². The van der Waals surface area contributed by atoms with E-state index in [1.807, 2.05) is 6.92 Å². The number of rotatable bonds is 7. The molecule has 2 N–H and O–H groups in total. The van der Waals surface area contributed by atoms with Gasteiger partial charge in [-0.05, 0) is 19.8 Å². The van der Waals surface area contributed by atoms with Gasteiger partial charge >= 0.3 is 6.18 Å². The average molecular weight is 506 g/mol. The molecule has 1 aliphatic carbocycles. The van der Waals surface area contributed by atoms with E-state index in [4.69, 9.17) is 4.74 Å². The number of aliphatic imine (C=N–C) groups is 1. The maximum absolute atomic E-state index is 12.4. The Morgan fingerprint density at radius 1 is 1.11 bits per heavy atom. The van der Waals surface area contributed by atoms with Crippen LogP contribution in [0.15, 0.2) is 4.99 Å². The summed E-state index contributed by atoms with van der Waals surface area (Å²) >= 11 is 0. The van der Waals surface area contributed by atoms with E-state index in [9.17, 15) is 13.2 Å². The molecule has 27 heavy (non-hydrogen) atoms. The predicted molar refractivity (Wildman–Crippen MR) is 113 cm³/mol. The van der Waals surface area contributed by atoms with Crippen LogP contribution in [0, 0.1) is 5.41 Å². The quantitative estimate of drug-likeness (QED) is 0.316. The Hall–Kier alpha value is -0.290. The molecule has 1 aliphatic heterocycles. The number of nitrogens with one attached hydrogen (secondary N) is 2. The predicted octanol–water partition coefficient (Wildman–Crippen LogP) is 3.39. The van der Waals surface area contributed by atoms with E-state index in [0.717, 1.165) is 45.7 Å². The number of hydrogen-bond acceptors (Lipinski definition) is 3. The molecule has 0 atom stereocenters. The van der Waals surface area contributed by atoms with Crippen molar-refractivity contribution >= 4 is 29.9 Å². The second kappa shape index (κ2) is 12.3. The first-order chi connectivity index (χ1) is 12.4. The topological polar surface area (TPSA) is 48.9 Å². The molecule has 0 unspecified atom stereocenters. The Bertz CT molecular complexity index is 437. The van der Waals surface area contributed by atoms with E-state index in [2.05, 4.69) is 20.5 Å². The van der Waals surface area contributed by atoms with Crippen LogP contribution in [0.2, 0.25) is 0 Å². The third kappa shape index (κ3) is 9.65. The standard InChI is InChI=1S/C18H33F3N4O.HI/c1-2-22-16(23-9-8-18(19,20)21)24-14-17(6-4-3-5-7-17)15-25-10-12-26-13-11-25;/h2-15H2,1H3,(H2,22,23,24);1H. The van der Waals surface area contributed by atoms with Gasteiger partial charge in [-0.3, -0.25) is 9.89 Å². The van der Waals surface area contributed by atoms with E-state index in [-0.39, 0.29) is 35.9 Å². The van der Waals surface area contributed by atoms with Crippen molar-refractivity contribution < 1.29 is 17.9 Å². The molecule has 5 nitrogen and oxygen atoms in total. The molecule has 160 valence electrons. The van der Waals surface area contributed by atoms with Crippen molar-refractivity contribution in [2.24, 2.45) is 10.4 Å². The SMILES string of the molecule is CCNC(=NCC1(CN2CCOCC2)CCCCC1)NCCC(F)(F)F.I. The lowest BCUT2D eigenvalue weighted by molar-refractivity contribution is -0.132. The summed E-state index contributed by atoms with van der Waals surface area (Å²) in [7, 11) is 0. The normalized spacial score (nSPS) is 21.4. The highest BCUT2D eigenvalue weighted by atomic mass is 127. The molecule has 0 spiro atoms. The second-order valence-electron chi connectivity index (χ2n) is 7.44. The van der Waals surface area contributed by atoms with Crippen molar-refractivity contribution in [1.82, 2.24) is 15.5 Å². The molecular weight excluding hydrogens is 472 g/mol. The van der Waals surface area contributed by atoms with Gasteiger partial charge in [0.15, 0.2) is 5.96 Å². The van der Waals surface area contributed by atoms with Crippen LogP contribution in [-0.2, 0) is 4.74 Å². The van der Waals surface area contributed by atoms with E-state index in [1.165, 1.54) is 19.3 Å². The van der Waals surface area contributed by atoms with Crippen molar-refractivity contribution in [3.63, 3.8) is 0 Å². The molecule has 2 fully saturated rings. The lowest BCUT2D eigenvalue weighted by atomic mass is 9.73. The fourth-order valence-corrected chi connectivity index (χ4v) is 3.81. The molecule has 1 heterocycles. The van der Waals surface area contributed by atoms with Crippen molar-refractivity contribution in [2.45, 2.75) is 51.6 Å². The van der Waals surface area contributed by atoms with Crippen LogP contribution in [0.1, 0.15) is 45.4 Å². The van der Waals surface area contributed by atoms with E-state index >= 15 is 0 Å². The zero-order valence-corrected chi connectivity index (χ0v) is 18.6. The van der Waals surface area contributed by atoms with Crippen LogP contribution < -0.4 is 10.6 Å². The van der Waals surface area contributed by atoms with Crippen LogP contribution >= 0.6 is 24.0 Å². The molecule has 0 aromatic heterocycles. The number of guanidine groups is 1. The lowest BCUT2D eigenvalue weighted by Crippen LogP contribution is -2.47. The van der Waals surface area contributed by atoms with Crippen LogP contribution in [0.25, 0.3) is 0 Å². The molecule has 0 radical (unpaired) electrons. The van der Waals surface area contributed by atoms with E-state index < -0.39 is 12.6 Å². The fourth-order valence-electron chi connectivity index (χ4n) is 3.81. The third-order valence-corrected chi connectivity index (χ3v) is 5.19. The summed E-state index contributed by atoms with van der Waals surface area (Å²) in [5.74, 6) is 0.490. The van der Waals surface area contributed by atoms with E-state index in [1.54, 1.807) is 0 Å². The van der Waals surface area contributed by atoms with Gasteiger partial charge in [-0.2, -0.15) is 13.2 Å². The molecule has 2 aliphatic rings. The Morgan fingerprint density at radius 2 is 1.78 bits per heavy atom.